The van der Waals surface area contributed by atoms with Gasteiger partial charge in [0.1, 0.15) is 5.75 Å². The summed E-state index contributed by atoms with van der Waals surface area (Å²) in [6.45, 7) is 3.05. The quantitative estimate of drug-likeness (QED) is 0.649. The number of rotatable bonds is 5. The van der Waals surface area contributed by atoms with Crippen molar-refractivity contribution in [1.29, 1.82) is 0 Å². The number of hydrogen-bond acceptors (Lipinski definition) is 4. The summed E-state index contributed by atoms with van der Waals surface area (Å²) in [5.74, 6) is 0.326. The normalized spacial score (nSPS) is 12.9. The monoisotopic (exact) mass is 406 g/mol. The lowest BCUT2D eigenvalue weighted by Crippen LogP contribution is -2.35. The Morgan fingerprint density at radius 2 is 2.00 bits per heavy atom. The highest BCUT2D eigenvalue weighted by Gasteiger charge is 2.25. The number of anilines is 2. The minimum Gasteiger partial charge on any atom is -0.493 e. The lowest BCUT2D eigenvalue weighted by Gasteiger charge is -2.29. The zero-order valence-corrected chi connectivity index (χ0v) is 17.0. The lowest BCUT2D eigenvalue weighted by molar-refractivity contribution is 0.0987. The minimum absolute atomic E-state index is 0.00566. The first-order chi connectivity index (χ1) is 14.2. The number of amides is 2. The topological polar surface area (TPSA) is 58.6 Å². The summed E-state index contributed by atoms with van der Waals surface area (Å²) < 4.78 is 5.56. The number of nitrogens with one attached hydrogen (secondary N) is 1. The number of para-hydroxylation sites is 1. The van der Waals surface area contributed by atoms with E-state index in [0.29, 0.717) is 30.2 Å². The molecule has 3 aromatic rings. The first kappa shape index (κ1) is 19.2. The van der Waals surface area contributed by atoms with Crippen molar-refractivity contribution in [3.05, 3.63) is 76.0 Å². The van der Waals surface area contributed by atoms with E-state index in [2.05, 4.69) is 5.32 Å². The fourth-order valence-corrected chi connectivity index (χ4v) is 4.20. The number of carbonyl (C=O) groups is 2. The van der Waals surface area contributed by atoms with Crippen LogP contribution in [0.2, 0.25) is 0 Å². The van der Waals surface area contributed by atoms with E-state index in [9.17, 15) is 9.59 Å². The molecule has 0 spiro atoms. The first-order valence-electron chi connectivity index (χ1n) is 9.69. The van der Waals surface area contributed by atoms with Gasteiger partial charge in [0.15, 0.2) is 0 Å². The Morgan fingerprint density at radius 3 is 2.79 bits per heavy atom. The van der Waals surface area contributed by atoms with Crippen molar-refractivity contribution in [3.8, 4) is 5.75 Å². The molecule has 0 unspecified atom stereocenters. The van der Waals surface area contributed by atoms with Crippen LogP contribution < -0.4 is 15.0 Å². The van der Waals surface area contributed by atoms with E-state index >= 15 is 0 Å². The van der Waals surface area contributed by atoms with Crippen LogP contribution in [-0.2, 0) is 6.42 Å². The van der Waals surface area contributed by atoms with Crippen LogP contribution >= 0.6 is 11.3 Å². The number of fused-ring (bicyclic) bond motifs is 1. The van der Waals surface area contributed by atoms with E-state index in [1.807, 2.05) is 59.7 Å². The lowest BCUT2D eigenvalue weighted by atomic mass is 10.0. The van der Waals surface area contributed by atoms with Gasteiger partial charge >= 0.3 is 0 Å². The summed E-state index contributed by atoms with van der Waals surface area (Å²) in [7, 11) is 0. The maximum atomic E-state index is 12.9. The summed E-state index contributed by atoms with van der Waals surface area (Å²) in [6, 6.07) is 16.7. The molecular weight excluding hydrogens is 384 g/mol. The smallest absolute Gasteiger partial charge is 0.268 e. The second kappa shape index (κ2) is 8.49. The molecule has 0 aliphatic carbocycles. The highest BCUT2D eigenvalue weighted by atomic mass is 32.1. The van der Waals surface area contributed by atoms with Crippen molar-refractivity contribution in [2.75, 3.05) is 23.4 Å². The van der Waals surface area contributed by atoms with Crippen LogP contribution in [0.3, 0.4) is 0 Å². The standard InChI is InChI=1S/C23H22N2O3S/c1-2-28-20-9-4-3-8-18(20)22(26)24-17-12-11-16-7-5-13-25(19(16)15-17)23(27)21-10-6-14-29-21/h3-4,6,8-12,14-15H,2,5,7,13H2,1H3,(H,24,26). The number of carbonyl (C=O) groups excluding carboxylic acids is 2. The van der Waals surface area contributed by atoms with Crippen LogP contribution in [0, 0.1) is 0 Å². The first-order valence-corrected chi connectivity index (χ1v) is 10.6. The van der Waals surface area contributed by atoms with Crippen molar-refractivity contribution < 1.29 is 14.3 Å². The SMILES string of the molecule is CCOc1ccccc1C(=O)Nc1ccc2c(c1)N(C(=O)c1cccs1)CCC2. The number of thiophene rings is 1. The van der Waals surface area contributed by atoms with Crippen LogP contribution in [0.5, 0.6) is 5.75 Å². The van der Waals surface area contributed by atoms with Crippen LogP contribution in [0.25, 0.3) is 0 Å². The Kier molecular flexibility index (Phi) is 5.62. The van der Waals surface area contributed by atoms with E-state index in [1.165, 1.54) is 11.3 Å². The van der Waals surface area contributed by atoms with Gasteiger partial charge in [0.2, 0.25) is 0 Å². The molecule has 0 saturated carbocycles. The van der Waals surface area contributed by atoms with Gasteiger partial charge in [-0.25, -0.2) is 0 Å². The molecule has 1 N–H and O–H groups in total. The largest absolute Gasteiger partial charge is 0.493 e. The Labute approximate surface area is 173 Å². The van der Waals surface area contributed by atoms with Crippen molar-refractivity contribution in [2.45, 2.75) is 19.8 Å². The molecule has 6 heteroatoms. The Balaban J connectivity index is 1.60. The summed E-state index contributed by atoms with van der Waals surface area (Å²) >= 11 is 1.44. The summed E-state index contributed by atoms with van der Waals surface area (Å²) in [5.41, 5.74) is 3.13. The Bertz CT molecular complexity index is 1030. The third kappa shape index (κ3) is 4.03. The molecule has 2 aromatic carbocycles. The third-order valence-corrected chi connectivity index (χ3v) is 5.73. The highest BCUT2D eigenvalue weighted by molar-refractivity contribution is 7.12. The maximum absolute atomic E-state index is 12.9. The third-order valence-electron chi connectivity index (χ3n) is 4.87. The molecule has 5 nitrogen and oxygen atoms in total. The summed E-state index contributed by atoms with van der Waals surface area (Å²) in [5, 5.41) is 4.85. The molecule has 2 heterocycles. The molecule has 1 aliphatic heterocycles. The zero-order valence-electron chi connectivity index (χ0n) is 16.2. The highest BCUT2D eigenvalue weighted by Crippen LogP contribution is 2.32. The van der Waals surface area contributed by atoms with Crippen molar-refractivity contribution in [3.63, 3.8) is 0 Å². The van der Waals surface area contributed by atoms with Crippen LogP contribution in [0.15, 0.2) is 60.0 Å². The van der Waals surface area contributed by atoms with Crippen LogP contribution in [-0.4, -0.2) is 25.0 Å². The van der Waals surface area contributed by atoms with Gasteiger partial charge in [0, 0.05) is 17.9 Å². The number of hydrogen-bond donors (Lipinski definition) is 1. The molecule has 0 fully saturated rings. The van der Waals surface area contributed by atoms with E-state index < -0.39 is 0 Å². The molecule has 1 aliphatic rings. The van der Waals surface area contributed by atoms with E-state index in [0.717, 1.165) is 29.0 Å². The molecule has 29 heavy (non-hydrogen) atoms. The molecule has 4 rings (SSSR count). The predicted octanol–water partition coefficient (Wildman–Crippen LogP) is 4.99. The fraction of sp³-hybridized carbons (Fsp3) is 0.217. The van der Waals surface area contributed by atoms with Gasteiger partial charge in [-0.05, 0) is 61.0 Å². The summed E-state index contributed by atoms with van der Waals surface area (Å²) in [4.78, 5) is 28.3. The van der Waals surface area contributed by atoms with Gasteiger partial charge < -0.3 is 15.0 Å². The van der Waals surface area contributed by atoms with E-state index in [1.54, 1.807) is 12.1 Å². The van der Waals surface area contributed by atoms with E-state index in [-0.39, 0.29) is 11.8 Å². The molecule has 0 radical (unpaired) electrons. The van der Waals surface area contributed by atoms with E-state index in [4.69, 9.17) is 4.74 Å². The van der Waals surface area contributed by atoms with Gasteiger partial charge in [0.05, 0.1) is 17.0 Å². The van der Waals surface area contributed by atoms with Gasteiger partial charge in [-0.2, -0.15) is 0 Å². The minimum atomic E-state index is -0.235. The van der Waals surface area contributed by atoms with Crippen molar-refractivity contribution >= 4 is 34.5 Å². The Morgan fingerprint density at radius 1 is 1.14 bits per heavy atom. The molecule has 1 aromatic heterocycles. The zero-order chi connectivity index (χ0) is 20.2. The Hall–Kier alpha value is -3.12. The summed E-state index contributed by atoms with van der Waals surface area (Å²) in [6.07, 6.45) is 1.85. The second-order valence-corrected chi connectivity index (χ2v) is 7.71. The molecule has 0 bridgehead atoms. The predicted molar refractivity (Wildman–Crippen MR) is 116 cm³/mol. The second-order valence-electron chi connectivity index (χ2n) is 6.76. The number of benzene rings is 2. The molecule has 148 valence electrons. The average molecular weight is 407 g/mol. The van der Waals surface area contributed by atoms with Crippen molar-refractivity contribution in [2.24, 2.45) is 0 Å². The average Bonchev–Trinajstić information content (AvgIpc) is 3.28. The fourth-order valence-electron chi connectivity index (χ4n) is 3.53. The van der Waals surface area contributed by atoms with Gasteiger partial charge in [0.25, 0.3) is 11.8 Å². The molecular formula is C23H22N2O3S. The van der Waals surface area contributed by atoms with Gasteiger partial charge in [-0.3, -0.25) is 9.59 Å². The number of nitrogens with zero attached hydrogens (tertiary/aromatic N) is 1. The van der Waals surface area contributed by atoms with Gasteiger partial charge in [-0.15, -0.1) is 11.3 Å². The number of ether oxygens (including phenoxy) is 1. The molecule has 0 saturated heterocycles. The molecule has 0 atom stereocenters. The van der Waals surface area contributed by atoms with Crippen LogP contribution in [0.1, 0.15) is 38.9 Å². The molecule has 2 amide bonds. The maximum Gasteiger partial charge on any atom is 0.268 e. The van der Waals surface area contributed by atoms with Gasteiger partial charge in [-0.1, -0.05) is 24.3 Å². The number of aryl methyl sites for hydroxylation is 1. The van der Waals surface area contributed by atoms with Crippen LogP contribution in [0.4, 0.5) is 11.4 Å². The van der Waals surface area contributed by atoms with Crippen molar-refractivity contribution in [1.82, 2.24) is 0 Å².